The minimum Gasteiger partial charge on any atom is -0.393 e. The third-order valence-corrected chi connectivity index (χ3v) is 4.22. The average molecular weight is 140 g/mol. The molecule has 0 aromatic rings. The molecule has 10 heavy (non-hydrogen) atoms. The molecule has 0 heterocycles. The van der Waals surface area contributed by atoms with Crippen LogP contribution in [0, 0.1) is 16.7 Å². The molecular formula is C9H16O. The van der Waals surface area contributed by atoms with Gasteiger partial charge in [-0.1, -0.05) is 20.8 Å². The molecule has 0 aromatic heterocycles. The van der Waals surface area contributed by atoms with Crippen molar-refractivity contribution in [2.75, 3.05) is 0 Å². The highest BCUT2D eigenvalue weighted by Crippen LogP contribution is 2.71. The van der Waals surface area contributed by atoms with E-state index < -0.39 is 0 Å². The van der Waals surface area contributed by atoms with Crippen molar-refractivity contribution < 1.29 is 5.11 Å². The van der Waals surface area contributed by atoms with Gasteiger partial charge in [0, 0.05) is 0 Å². The number of fused-ring (bicyclic) bond motifs is 1. The van der Waals surface area contributed by atoms with Crippen LogP contribution in [0.1, 0.15) is 33.6 Å². The lowest BCUT2D eigenvalue weighted by Gasteiger charge is -2.31. The third kappa shape index (κ3) is 0.493. The van der Waals surface area contributed by atoms with Crippen LogP contribution in [0.3, 0.4) is 0 Å². The Kier molecular flexibility index (Phi) is 0.949. The fourth-order valence-corrected chi connectivity index (χ4v) is 2.53. The van der Waals surface area contributed by atoms with Gasteiger partial charge < -0.3 is 5.11 Å². The van der Waals surface area contributed by atoms with E-state index >= 15 is 0 Å². The van der Waals surface area contributed by atoms with E-state index in [2.05, 4.69) is 20.8 Å². The van der Waals surface area contributed by atoms with Crippen molar-refractivity contribution in [3.63, 3.8) is 0 Å². The highest BCUT2D eigenvalue weighted by atomic mass is 16.3. The van der Waals surface area contributed by atoms with Crippen molar-refractivity contribution in [1.29, 1.82) is 0 Å². The van der Waals surface area contributed by atoms with E-state index in [0.717, 1.165) is 12.3 Å². The minimum absolute atomic E-state index is 0.0451. The molecule has 0 aliphatic heterocycles. The molecule has 2 fully saturated rings. The standard InChI is InChI=1S/C9H16O/c1-8(2)7(10)4-6-5-9(6,8)3/h6-7,10H,4-5H2,1-3H3. The van der Waals surface area contributed by atoms with Crippen molar-refractivity contribution in [3.05, 3.63) is 0 Å². The molecule has 1 N–H and O–H groups in total. The van der Waals surface area contributed by atoms with Crippen LogP contribution in [0.15, 0.2) is 0 Å². The molecule has 0 aromatic carbocycles. The van der Waals surface area contributed by atoms with Gasteiger partial charge in [-0.2, -0.15) is 0 Å². The first kappa shape index (κ1) is 6.66. The maximum Gasteiger partial charge on any atom is 0.0599 e. The molecule has 2 aliphatic carbocycles. The van der Waals surface area contributed by atoms with E-state index in [1.54, 1.807) is 0 Å². The summed E-state index contributed by atoms with van der Waals surface area (Å²) in [7, 11) is 0. The topological polar surface area (TPSA) is 20.2 Å². The van der Waals surface area contributed by atoms with Crippen molar-refractivity contribution in [1.82, 2.24) is 0 Å². The Balaban J connectivity index is 2.30. The Labute approximate surface area is 62.4 Å². The van der Waals surface area contributed by atoms with Crippen LogP contribution in [0.2, 0.25) is 0 Å². The lowest BCUT2D eigenvalue weighted by Crippen LogP contribution is -2.31. The van der Waals surface area contributed by atoms with Gasteiger partial charge in [-0.25, -0.2) is 0 Å². The predicted octanol–water partition coefficient (Wildman–Crippen LogP) is 1.80. The van der Waals surface area contributed by atoms with Crippen LogP contribution in [0.25, 0.3) is 0 Å². The van der Waals surface area contributed by atoms with Crippen LogP contribution in [0.4, 0.5) is 0 Å². The van der Waals surface area contributed by atoms with E-state index in [0.29, 0.717) is 5.41 Å². The maximum absolute atomic E-state index is 9.62. The smallest absolute Gasteiger partial charge is 0.0599 e. The lowest BCUT2D eigenvalue weighted by molar-refractivity contribution is 0.0316. The molecule has 58 valence electrons. The summed E-state index contributed by atoms with van der Waals surface area (Å²) in [6.45, 7) is 6.71. The number of rotatable bonds is 0. The summed E-state index contributed by atoms with van der Waals surface area (Å²) in [6.07, 6.45) is 2.34. The van der Waals surface area contributed by atoms with Crippen molar-refractivity contribution in [2.24, 2.45) is 16.7 Å². The van der Waals surface area contributed by atoms with E-state index in [-0.39, 0.29) is 11.5 Å². The Bertz CT molecular complexity index is 174. The molecule has 0 saturated heterocycles. The Morgan fingerprint density at radius 2 is 1.90 bits per heavy atom. The molecule has 1 nitrogen and oxygen atoms in total. The van der Waals surface area contributed by atoms with Gasteiger partial charge in [-0.3, -0.25) is 0 Å². The average Bonchev–Trinajstić information content (AvgIpc) is 2.39. The first-order valence-corrected chi connectivity index (χ1v) is 4.16. The zero-order valence-electron chi connectivity index (χ0n) is 7.02. The molecule has 3 unspecified atom stereocenters. The van der Waals surface area contributed by atoms with Gasteiger partial charge in [0.1, 0.15) is 0 Å². The minimum atomic E-state index is -0.0451. The lowest BCUT2D eigenvalue weighted by atomic mass is 9.76. The second-order valence-corrected chi connectivity index (χ2v) is 4.79. The molecule has 1 heteroatoms. The summed E-state index contributed by atoms with van der Waals surface area (Å²) in [5.41, 5.74) is 0.657. The second-order valence-electron chi connectivity index (χ2n) is 4.79. The normalized spacial score (nSPS) is 56.4. The first-order valence-electron chi connectivity index (χ1n) is 4.16. The molecule has 2 aliphatic rings. The summed E-state index contributed by atoms with van der Waals surface area (Å²) < 4.78 is 0. The monoisotopic (exact) mass is 140 g/mol. The molecule has 0 amide bonds. The number of hydrogen-bond acceptors (Lipinski definition) is 1. The van der Waals surface area contributed by atoms with Gasteiger partial charge in [-0.05, 0) is 29.6 Å². The summed E-state index contributed by atoms with van der Waals surface area (Å²) >= 11 is 0. The highest BCUT2D eigenvalue weighted by molar-refractivity contribution is 5.16. The van der Waals surface area contributed by atoms with Crippen LogP contribution in [0.5, 0.6) is 0 Å². The molecule has 0 bridgehead atoms. The summed E-state index contributed by atoms with van der Waals surface area (Å²) in [4.78, 5) is 0. The first-order chi connectivity index (χ1) is 4.48. The van der Waals surface area contributed by atoms with E-state index in [1.165, 1.54) is 6.42 Å². The fourth-order valence-electron chi connectivity index (χ4n) is 2.53. The van der Waals surface area contributed by atoms with Gasteiger partial charge >= 0.3 is 0 Å². The largest absolute Gasteiger partial charge is 0.393 e. The van der Waals surface area contributed by atoms with Crippen molar-refractivity contribution >= 4 is 0 Å². The molecule has 0 radical (unpaired) electrons. The van der Waals surface area contributed by atoms with E-state index in [4.69, 9.17) is 0 Å². The van der Waals surface area contributed by atoms with E-state index in [9.17, 15) is 5.11 Å². The molecule has 0 spiro atoms. The van der Waals surface area contributed by atoms with Gasteiger partial charge in [0.25, 0.3) is 0 Å². The molecular weight excluding hydrogens is 124 g/mol. The zero-order valence-corrected chi connectivity index (χ0v) is 7.02. The quantitative estimate of drug-likeness (QED) is 0.544. The third-order valence-electron chi connectivity index (χ3n) is 4.22. The van der Waals surface area contributed by atoms with Crippen LogP contribution < -0.4 is 0 Å². The Morgan fingerprint density at radius 3 is 2.10 bits per heavy atom. The van der Waals surface area contributed by atoms with Crippen molar-refractivity contribution in [3.8, 4) is 0 Å². The molecule has 2 saturated carbocycles. The number of aliphatic hydroxyl groups is 1. The fraction of sp³-hybridized carbons (Fsp3) is 1.00. The zero-order chi connectivity index (χ0) is 7.57. The van der Waals surface area contributed by atoms with Crippen LogP contribution in [-0.4, -0.2) is 11.2 Å². The molecule has 3 atom stereocenters. The molecule has 2 rings (SSSR count). The SMILES string of the molecule is CC1(C)C(O)CC2CC21C. The highest BCUT2D eigenvalue weighted by Gasteiger charge is 2.67. The van der Waals surface area contributed by atoms with Crippen LogP contribution >= 0.6 is 0 Å². The van der Waals surface area contributed by atoms with Gasteiger partial charge in [0.05, 0.1) is 6.10 Å². The summed E-state index contributed by atoms with van der Waals surface area (Å²) in [5.74, 6) is 0.831. The predicted molar refractivity (Wildman–Crippen MR) is 40.6 cm³/mol. The van der Waals surface area contributed by atoms with Crippen LogP contribution in [-0.2, 0) is 0 Å². The van der Waals surface area contributed by atoms with Crippen molar-refractivity contribution in [2.45, 2.75) is 39.7 Å². The second kappa shape index (κ2) is 1.42. The maximum atomic E-state index is 9.62. The van der Waals surface area contributed by atoms with E-state index in [1.807, 2.05) is 0 Å². The Hall–Kier alpha value is -0.0400. The van der Waals surface area contributed by atoms with Gasteiger partial charge in [0.15, 0.2) is 0 Å². The Morgan fingerprint density at radius 1 is 1.30 bits per heavy atom. The van der Waals surface area contributed by atoms with Gasteiger partial charge in [0.2, 0.25) is 0 Å². The number of hydrogen-bond donors (Lipinski definition) is 1. The number of aliphatic hydroxyl groups excluding tert-OH is 1. The summed E-state index contributed by atoms with van der Waals surface area (Å²) in [6, 6.07) is 0. The van der Waals surface area contributed by atoms with Gasteiger partial charge in [-0.15, -0.1) is 0 Å². The summed E-state index contributed by atoms with van der Waals surface area (Å²) in [5, 5.41) is 9.62.